The number of methoxy groups -OCH3 is 1. The molecule has 0 radical (unpaired) electrons. The average Bonchev–Trinajstić information content (AvgIpc) is 2.53. The first-order chi connectivity index (χ1) is 10.6. The summed E-state index contributed by atoms with van der Waals surface area (Å²) in [5, 5.41) is 2.70. The van der Waals surface area contributed by atoms with Gasteiger partial charge in [-0.2, -0.15) is 0 Å². The molecule has 0 saturated carbocycles. The van der Waals surface area contributed by atoms with Crippen LogP contribution in [0.2, 0.25) is 0 Å². The zero-order chi connectivity index (χ0) is 15.9. The smallest absolute Gasteiger partial charge is 0.338 e. The minimum Gasteiger partial charge on any atom is -0.487 e. The summed E-state index contributed by atoms with van der Waals surface area (Å²) < 4.78 is 10.5. The molecule has 5 nitrogen and oxygen atoms in total. The molecule has 0 saturated heterocycles. The number of anilines is 1. The Balaban J connectivity index is 2.17. The number of esters is 1. The molecule has 1 N–H and O–H groups in total. The van der Waals surface area contributed by atoms with Crippen LogP contribution in [-0.4, -0.2) is 19.0 Å². The maximum Gasteiger partial charge on any atom is 0.338 e. The number of nitrogens with one attached hydrogen (secondary N) is 1. The molecular formula is C17H17NO4. The van der Waals surface area contributed by atoms with Crippen molar-refractivity contribution < 1.29 is 19.1 Å². The van der Waals surface area contributed by atoms with E-state index in [0.717, 1.165) is 0 Å². The van der Waals surface area contributed by atoms with Crippen molar-refractivity contribution in [3.05, 3.63) is 59.7 Å². The van der Waals surface area contributed by atoms with E-state index in [2.05, 4.69) is 5.32 Å². The van der Waals surface area contributed by atoms with Crippen LogP contribution in [0.1, 0.15) is 22.8 Å². The van der Waals surface area contributed by atoms with E-state index in [-0.39, 0.29) is 12.5 Å². The maximum atomic E-state index is 11.7. The van der Waals surface area contributed by atoms with Crippen molar-refractivity contribution in [2.24, 2.45) is 0 Å². The molecule has 0 aliphatic carbocycles. The van der Waals surface area contributed by atoms with Gasteiger partial charge in [-0.3, -0.25) is 4.79 Å². The molecule has 2 rings (SSSR count). The molecule has 0 aliphatic heterocycles. The molecule has 2 aromatic carbocycles. The van der Waals surface area contributed by atoms with Gasteiger partial charge in [0.15, 0.2) is 0 Å². The second-order valence-electron chi connectivity index (χ2n) is 4.61. The fourth-order valence-electron chi connectivity index (χ4n) is 2.00. The Morgan fingerprint density at radius 3 is 2.45 bits per heavy atom. The fraction of sp³-hybridized carbons (Fsp3) is 0.176. The largest absolute Gasteiger partial charge is 0.487 e. The molecule has 0 atom stereocenters. The number of benzene rings is 2. The van der Waals surface area contributed by atoms with Crippen LogP contribution in [0.25, 0.3) is 0 Å². The van der Waals surface area contributed by atoms with Gasteiger partial charge in [0.2, 0.25) is 5.91 Å². The highest BCUT2D eigenvalue weighted by Crippen LogP contribution is 2.25. The topological polar surface area (TPSA) is 64.6 Å². The summed E-state index contributed by atoms with van der Waals surface area (Å²) in [6.45, 7) is 1.63. The Hall–Kier alpha value is -2.82. The van der Waals surface area contributed by atoms with Crippen molar-refractivity contribution in [1.82, 2.24) is 0 Å². The van der Waals surface area contributed by atoms with E-state index >= 15 is 0 Å². The Labute approximate surface area is 128 Å². The predicted octanol–water partition coefficient (Wildman–Crippen LogP) is 3.01. The first-order valence-electron chi connectivity index (χ1n) is 6.77. The number of carbonyl (C=O) groups excluding carboxylic acids is 2. The van der Waals surface area contributed by atoms with Crippen LogP contribution in [0.4, 0.5) is 5.69 Å². The molecule has 2 aromatic rings. The number of ether oxygens (including phenoxy) is 2. The Morgan fingerprint density at radius 2 is 1.73 bits per heavy atom. The molecule has 0 bridgehead atoms. The molecule has 5 heteroatoms. The minimum atomic E-state index is -0.408. The van der Waals surface area contributed by atoms with Crippen molar-refractivity contribution in [3.63, 3.8) is 0 Å². The summed E-state index contributed by atoms with van der Waals surface area (Å²) in [6.07, 6.45) is 0. The lowest BCUT2D eigenvalue weighted by Crippen LogP contribution is -2.10. The van der Waals surface area contributed by atoms with Gasteiger partial charge in [0, 0.05) is 12.5 Å². The van der Waals surface area contributed by atoms with Crippen molar-refractivity contribution >= 4 is 17.6 Å². The highest BCUT2D eigenvalue weighted by Gasteiger charge is 2.12. The number of hydrogen-bond acceptors (Lipinski definition) is 4. The lowest BCUT2D eigenvalue weighted by molar-refractivity contribution is -0.114. The van der Waals surface area contributed by atoms with Crippen LogP contribution >= 0.6 is 0 Å². The zero-order valence-corrected chi connectivity index (χ0v) is 12.5. The SMILES string of the molecule is COC(=O)c1ccccc1COc1ccccc1NC(C)=O. The standard InChI is InChI=1S/C17H17NO4/c1-12(19)18-15-9-5-6-10-16(15)22-11-13-7-3-4-8-14(13)17(20)21-2/h3-10H,11H2,1-2H3,(H,18,19). The van der Waals surface area contributed by atoms with Crippen LogP contribution in [0.15, 0.2) is 48.5 Å². The van der Waals surface area contributed by atoms with E-state index in [0.29, 0.717) is 22.6 Å². The van der Waals surface area contributed by atoms with Gasteiger partial charge in [-0.15, -0.1) is 0 Å². The van der Waals surface area contributed by atoms with Gasteiger partial charge in [-0.25, -0.2) is 4.79 Å². The molecule has 22 heavy (non-hydrogen) atoms. The minimum absolute atomic E-state index is 0.175. The molecule has 0 spiro atoms. The summed E-state index contributed by atoms with van der Waals surface area (Å²) in [5.74, 6) is -0.0438. The second-order valence-corrected chi connectivity index (χ2v) is 4.61. The van der Waals surface area contributed by atoms with Crippen molar-refractivity contribution in [2.45, 2.75) is 13.5 Å². The highest BCUT2D eigenvalue weighted by atomic mass is 16.5. The van der Waals surface area contributed by atoms with Crippen molar-refractivity contribution in [1.29, 1.82) is 0 Å². The van der Waals surface area contributed by atoms with E-state index in [1.807, 2.05) is 12.1 Å². The van der Waals surface area contributed by atoms with E-state index in [4.69, 9.17) is 9.47 Å². The molecule has 1 amide bonds. The lowest BCUT2D eigenvalue weighted by atomic mass is 10.1. The quantitative estimate of drug-likeness (QED) is 0.862. The number of hydrogen-bond donors (Lipinski definition) is 1. The monoisotopic (exact) mass is 299 g/mol. The highest BCUT2D eigenvalue weighted by molar-refractivity contribution is 5.91. The van der Waals surface area contributed by atoms with Crippen molar-refractivity contribution in [3.8, 4) is 5.75 Å². The molecule has 0 unspecified atom stereocenters. The van der Waals surface area contributed by atoms with Crippen LogP contribution < -0.4 is 10.1 Å². The first-order valence-corrected chi connectivity index (χ1v) is 6.77. The van der Waals surface area contributed by atoms with E-state index < -0.39 is 5.97 Å². The lowest BCUT2D eigenvalue weighted by Gasteiger charge is -2.13. The summed E-state index contributed by atoms with van der Waals surface area (Å²) in [7, 11) is 1.34. The van der Waals surface area contributed by atoms with E-state index in [1.54, 1.807) is 36.4 Å². The number of amides is 1. The van der Waals surface area contributed by atoms with Gasteiger partial charge in [-0.05, 0) is 18.2 Å². The molecule has 0 fully saturated rings. The summed E-state index contributed by atoms with van der Waals surface area (Å²) >= 11 is 0. The van der Waals surface area contributed by atoms with Crippen LogP contribution in [0.5, 0.6) is 5.75 Å². The second kappa shape index (κ2) is 7.26. The van der Waals surface area contributed by atoms with Gasteiger partial charge in [0.1, 0.15) is 12.4 Å². The maximum absolute atomic E-state index is 11.7. The predicted molar refractivity (Wildman–Crippen MR) is 82.9 cm³/mol. The Kier molecular flexibility index (Phi) is 5.14. The zero-order valence-electron chi connectivity index (χ0n) is 12.5. The van der Waals surface area contributed by atoms with Crippen LogP contribution in [-0.2, 0) is 16.1 Å². The van der Waals surface area contributed by atoms with Gasteiger partial charge in [0.25, 0.3) is 0 Å². The first kappa shape index (κ1) is 15.6. The normalized spacial score (nSPS) is 9.91. The molecule has 114 valence electrons. The molecule has 0 aliphatic rings. The third-order valence-electron chi connectivity index (χ3n) is 3.00. The van der Waals surface area contributed by atoms with E-state index in [1.165, 1.54) is 14.0 Å². The van der Waals surface area contributed by atoms with Gasteiger partial charge in [-0.1, -0.05) is 30.3 Å². The molecular weight excluding hydrogens is 282 g/mol. The summed E-state index contributed by atoms with van der Waals surface area (Å²) in [4.78, 5) is 22.9. The number of carbonyl (C=O) groups is 2. The molecule has 0 heterocycles. The van der Waals surface area contributed by atoms with Gasteiger partial charge < -0.3 is 14.8 Å². The third-order valence-corrected chi connectivity index (χ3v) is 3.00. The molecule has 0 aromatic heterocycles. The van der Waals surface area contributed by atoms with Crippen LogP contribution in [0.3, 0.4) is 0 Å². The third kappa shape index (κ3) is 3.85. The van der Waals surface area contributed by atoms with Gasteiger partial charge >= 0.3 is 5.97 Å². The Bertz CT molecular complexity index is 682. The summed E-state index contributed by atoms with van der Waals surface area (Å²) in [5.41, 5.74) is 1.76. The van der Waals surface area contributed by atoms with Crippen molar-refractivity contribution in [2.75, 3.05) is 12.4 Å². The fourth-order valence-corrected chi connectivity index (χ4v) is 2.00. The average molecular weight is 299 g/mol. The number of rotatable bonds is 5. The van der Waals surface area contributed by atoms with E-state index in [9.17, 15) is 9.59 Å². The summed E-state index contributed by atoms with van der Waals surface area (Å²) in [6, 6.07) is 14.2. The Morgan fingerprint density at radius 1 is 1.05 bits per heavy atom. The number of para-hydroxylation sites is 2. The van der Waals surface area contributed by atoms with Crippen LogP contribution in [0, 0.1) is 0 Å². The van der Waals surface area contributed by atoms with Gasteiger partial charge in [0.05, 0.1) is 18.4 Å².